The fraction of sp³-hybridized carbons (Fsp3) is 0.400. The molecule has 0 amide bonds. The smallest absolute Gasteiger partial charge is 0.189 e. The highest BCUT2D eigenvalue weighted by Gasteiger charge is 2.18. The maximum atomic E-state index is 5.87. The van der Waals surface area contributed by atoms with Crippen LogP contribution in [0.1, 0.15) is 25.0 Å². The molecule has 0 spiro atoms. The third-order valence-electron chi connectivity index (χ3n) is 3.67. The van der Waals surface area contributed by atoms with Crippen molar-refractivity contribution in [2.75, 3.05) is 7.11 Å². The molecule has 3 N–H and O–H groups in total. The van der Waals surface area contributed by atoms with E-state index in [9.17, 15) is 0 Å². The summed E-state index contributed by atoms with van der Waals surface area (Å²) in [6.45, 7) is 0.378. The average Bonchev–Trinajstić information content (AvgIpc) is 2.78. The fourth-order valence-corrected chi connectivity index (χ4v) is 2.36. The highest BCUT2D eigenvalue weighted by molar-refractivity contribution is 5.85. The van der Waals surface area contributed by atoms with Crippen LogP contribution >= 0.6 is 0 Å². The highest BCUT2D eigenvalue weighted by atomic mass is 16.5. The molecule has 106 valence electrons. The van der Waals surface area contributed by atoms with Crippen molar-refractivity contribution in [3.05, 3.63) is 30.0 Å². The van der Waals surface area contributed by atoms with Crippen LogP contribution in [0.15, 0.2) is 33.7 Å². The van der Waals surface area contributed by atoms with Crippen LogP contribution in [0.25, 0.3) is 11.0 Å². The van der Waals surface area contributed by atoms with Crippen LogP contribution in [0.2, 0.25) is 0 Å². The third kappa shape index (κ3) is 2.43. The number of fused-ring (bicyclic) bond motifs is 1. The zero-order valence-electron chi connectivity index (χ0n) is 11.6. The maximum absolute atomic E-state index is 5.87. The lowest BCUT2D eigenvalue weighted by atomic mass is 9.93. The van der Waals surface area contributed by atoms with E-state index in [2.05, 4.69) is 10.3 Å². The van der Waals surface area contributed by atoms with E-state index in [0.29, 0.717) is 24.3 Å². The lowest BCUT2D eigenvalue weighted by molar-refractivity contribution is 0.381. The van der Waals surface area contributed by atoms with Crippen molar-refractivity contribution in [3.8, 4) is 5.75 Å². The Morgan fingerprint density at radius 3 is 2.95 bits per heavy atom. The number of guanidine groups is 1. The Morgan fingerprint density at radius 2 is 2.25 bits per heavy atom. The number of nitrogens with two attached hydrogens (primary N) is 1. The summed E-state index contributed by atoms with van der Waals surface area (Å²) in [5.74, 6) is 1.91. The van der Waals surface area contributed by atoms with Gasteiger partial charge in [-0.05, 0) is 31.4 Å². The number of benzene rings is 1. The van der Waals surface area contributed by atoms with Gasteiger partial charge in [0.1, 0.15) is 12.1 Å². The van der Waals surface area contributed by atoms with Crippen LogP contribution in [0.4, 0.5) is 0 Å². The molecule has 20 heavy (non-hydrogen) atoms. The summed E-state index contributed by atoms with van der Waals surface area (Å²) in [5, 5.41) is 4.17. The molecular formula is C15H19N3O2. The molecule has 1 fully saturated rings. The van der Waals surface area contributed by atoms with Crippen LogP contribution in [0.5, 0.6) is 5.75 Å². The minimum Gasteiger partial charge on any atom is -0.492 e. The Labute approximate surface area is 117 Å². The molecule has 1 aliphatic carbocycles. The van der Waals surface area contributed by atoms with E-state index < -0.39 is 0 Å². The number of nitrogens with one attached hydrogen (secondary N) is 1. The molecule has 0 atom stereocenters. The summed E-state index contributed by atoms with van der Waals surface area (Å²) in [6, 6.07) is 8.27. The number of hydrogen-bond acceptors (Lipinski definition) is 3. The van der Waals surface area contributed by atoms with Gasteiger partial charge in [0, 0.05) is 6.04 Å². The second-order valence-electron chi connectivity index (χ2n) is 5.03. The number of furan rings is 1. The topological polar surface area (TPSA) is 72.8 Å². The Kier molecular flexibility index (Phi) is 3.50. The van der Waals surface area contributed by atoms with Crippen molar-refractivity contribution in [2.45, 2.75) is 31.8 Å². The number of nitrogens with zero attached hydrogens (tertiary/aromatic N) is 1. The first-order valence-corrected chi connectivity index (χ1v) is 6.89. The van der Waals surface area contributed by atoms with E-state index in [1.165, 1.54) is 19.3 Å². The van der Waals surface area contributed by atoms with E-state index >= 15 is 0 Å². The van der Waals surface area contributed by atoms with Crippen molar-refractivity contribution >= 4 is 16.9 Å². The highest BCUT2D eigenvalue weighted by Crippen LogP contribution is 2.33. The molecule has 0 saturated heterocycles. The van der Waals surface area contributed by atoms with Gasteiger partial charge in [-0.1, -0.05) is 12.1 Å². The maximum Gasteiger partial charge on any atom is 0.189 e. The molecule has 5 heteroatoms. The summed E-state index contributed by atoms with van der Waals surface area (Å²) < 4.78 is 11.2. The Balaban J connectivity index is 1.77. The molecule has 2 aromatic rings. The van der Waals surface area contributed by atoms with E-state index in [4.69, 9.17) is 14.9 Å². The lowest BCUT2D eigenvalue weighted by Gasteiger charge is -2.26. The molecule has 1 aliphatic rings. The van der Waals surface area contributed by atoms with Crippen LogP contribution in [0, 0.1) is 0 Å². The van der Waals surface area contributed by atoms with Gasteiger partial charge in [-0.25, -0.2) is 4.99 Å². The average molecular weight is 273 g/mol. The van der Waals surface area contributed by atoms with Gasteiger partial charge in [-0.15, -0.1) is 0 Å². The number of rotatable bonds is 4. The van der Waals surface area contributed by atoms with Gasteiger partial charge in [0.25, 0.3) is 0 Å². The van der Waals surface area contributed by atoms with Crippen LogP contribution in [0.3, 0.4) is 0 Å². The van der Waals surface area contributed by atoms with Gasteiger partial charge in [-0.3, -0.25) is 0 Å². The first kappa shape index (κ1) is 12.8. The largest absolute Gasteiger partial charge is 0.492 e. The molecule has 1 aromatic heterocycles. The molecular weight excluding hydrogens is 254 g/mol. The van der Waals surface area contributed by atoms with Crippen molar-refractivity contribution in [1.29, 1.82) is 0 Å². The summed E-state index contributed by atoms with van der Waals surface area (Å²) in [4.78, 5) is 4.33. The lowest BCUT2D eigenvalue weighted by Crippen LogP contribution is -2.43. The second kappa shape index (κ2) is 5.45. The molecule has 3 rings (SSSR count). The molecule has 5 nitrogen and oxygen atoms in total. The third-order valence-corrected chi connectivity index (χ3v) is 3.67. The van der Waals surface area contributed by atoms with Gasteiger partial charge in [-0.2, -0.15) is 0 Å². The number of para-hydroxylation sites is 1. The first-order chi connectivity index (χ1) is 9.78. The van der Waals surface area contributed by atoms with Crippen LogP contribution in [-0.2, 0) is 6.54 Å². The van der Waals surface area contributed by atoms with Gasteiger partial charge in [0.15, 0.2) is 17.5 Å². The van der Waals surface area contributed by atoms with E-state index in [-0.39, 0.29) is 0 Å². The van der Waals surface area contributed by atoms with Crippen molar-refractivity contribution in [2.24, 2.45) is 10.7 Å². The van der Waals surface area contributed by atoms with E-state index in [1.54, 1.807) is 7.11 Å². The minimum atomic E-state index is 0.378. The van der Waals surface area contributed by atoms with E-state index in [1.807, 2.05) is 24.3 Å². The van der Waals surface area contributed by atoms with Gasteiger partial charge in [0.2, 0.25) is 0 Å². The summed E-state index contributed by atoms with van der Waals surface area (Å²) in [7, 11) is 1.64. The quantitative estimate of drug-likeness (QED) is 0.662. The monoisotopic (exact) mass is 273 g/mol. The normalized spacial score (nSPS) is 16.1. The van der Waals surface area contributed by atoms with Gasteiger partial charge >= 0.3 is 0 Å². The predicted octanol–water partition coefficient (Wildman–Crippen LogP) is 2.40. The first-order valence-electron chi connectivity index (χ1n) is 6.89. The summed E-state index contributed by atoms with van der Waals surface area (Å²) in [6.07, 6.45) is 3.61. The molecule has 0 radical (unpaired) electrons. The van der Waals surface area contributed by atoms with Crippen molar-refractivity contribution in [3.63, 3.8) is 0 Å². The SMILES string of the molecule is COc1c(CN=C(N)NC2CCC2)oc2ccccc12. The van der Waals surface area contributed by atoms with Crippen molar-refractivity contribution in [1.82, 2.24) is 5.32 Å². The van der Waals surface area contributed by atoms with Gasteiger partial charge < -0.3 is 20.2 Å². The minimum absolute atomic E-state index is 0.378. The molecule has 1 heterocycles. The Bertz CT molecular complexity index is 629. The van der Waals surface area contributed by atoms with Crippen LogP contribution in [-0.4, -0.2) is 19.1 Å². The van der Waals surface area contributed by atoms with Crippen molar-refractivity contribution < 1.29 is 9.15 Å². The molecule has 1 aromatic carbocycles. The van der Waals surface area contributed by atoms with E-state index in [0.717, 1.165) is 16.7 Å². The number of ether oxygens (including phenoxy) is 1. The zero-order chi connectivity index (χ0) is 13.9. The van der Waals surface area contributed by atoms with Gasteiger partial charge in [0.05, 0.1) is 12.5 Å². The molecule has 0 bridgehead atoms. The Hall–Kier alpha value is -2.17. The second-order valence-corrected chi connectivity index (χ2v) is 5.03. The van der Waals surface area contributed by atoms with Crippen LogP contribution < -0.4 is 15.8 Å². The molecule has 0 aliphatic heterocycles. The number of methoxy groups -OCH3 is 1. The number of hydrogen-bond donors (Lipinski definition) is 2. The zero-order valence-corrected chi connectivity index (χ0v) is 11.6. The Morgan fingerprint density at radius 1 is 1.45 bits per heavy atom. The predicted molar refractivity (Wildman–Crippen MR) is 78.9 cm³/mol. The summed E-state index contributed by atoms with van der Waals surface area (Å²) >= 11 is 0. The molecule has 0 unspecified atom stereocenters. The fourth-order valence-electron chi connectivity index (χ4n) is 2.36. The summed E-state index contributed by atoms with van der Waals surface area (Å²) in [5.41, 5.74) is 6.68. The number of aliphatic imine (C=N–C) groups is 1. The standard InChI is InChI=1S/C15H19N3O2/c1-19-14-11-7-2-3-8-12(11)20-13(14)9-17-15(16)18-10-5-4-6-10/h2-3,7-8,10H,4-6,9H2,1H3,(H3,16,17,18). The molecule has 1 saturated carbocycles.